The predicted molar refractivity (Wildman–Crippen MR) is 117 cm³/mol. The van der Waals surface area contributed by atoms with Crippen molar-refractivity contribution in [3.8, 4) is 0 Å². The molecule has 0 radical (unpaired) electrons. The van der Waals surface area contributed by atoms with E-state index in [9.17, 15) is 0 Å². The molecule has 0 aliphatic heterocycles. The molecule has 0 saturated carbocycles. The van der Waals surface area contributed by atoms with Gasteiger partial charge in [-0.2, -0.15) is 4.98 Å². The van der Waals surface area contributed by atoms with Crippen molar-refractivity contribution in [1.82, 2.24) is 9.97 Å². The summed E-state index contributed by atoms with van der Waals surface area (Å²) in [6, 6.07) is 22.8. The van der Waals surface area contributed by atoms with Gasteiger partial charge in [0.2, 0.25) is 5.95 Å². The van der Waals surface area contributed by atoms with E-state index in [4.69, 9.17) is 9.97 Å². The number of benzene rings is 3. The Labute approximate surface area is 165 Å². The summed E-state index contributed by atoms with van der Waals surface area (Å²) in [6.45, 7) is 7.02. The standard InChI is InChI=1S/C24H24N4/c1-16-11-13-19(14-12-16)15-25-23-20-8-4-5-9-22(20)27-24(28-23)26-21-10-6-7-17(2)18(21)3/h4-14H,15H2,1-3H3,(H2,25,26,27,28). The topological polar surface area (TPSA) is 49.8 Å². The van der Waals surface area contributed by atoms with E-state index in [-0.39, 0.29) is 0 Å². The highest BCUT2D eigenvalue weighted by atomic mass is 15.1. The number of rotatable bonds is 5. The van der Waals surface area contributed by atoms with Gasteiger partial charge in [-0.05, 0) is 55.7 Å². The van der Waals surface area contributed by atoms with Gasteiger partial charge in [-0.25, -0.2) is 4.98 Å². The lowest BCUT2D eigenvalue weighted by Gasteiger charge is -2.14. The van der Waals surface area contributed by atoms with E-state index in [1.807, 2.05) is 24.3 Å². The molecule has 4 nitrogen and oxygen atoms in total. The zero-order valence-electron chi connectivity index (χ0n) is 16.5. The van der Waals surface area contributed by atoms with E-state index in [1.165, 1.54) is 22.3 Å². The smallest absolute Gasteiger partial charge is 0.229 e. The largest absolute Gasteiger partial charge is 0.365 e. The second-order valence-corrected chi connectivity index (χ2v) is 7.12. The van der Waals surface area contributed by atoms with E-state index >= 15 is 0 Å². The molecule has 0 aliphatic carbocycles. The first-order chi connectivity index (χ1) is 13.6. The monoisotopic (exact) mass is 368 g/mol. The van der Waals surface area contributed by atoms with Crippen molar-refractivity contribution in [3.63, 3.8) is 0 Å². The molecule has 0 bridgehead atoms. The summed E-state index contributed by atoms with van der Waals surface area (Å²) in [5, 5.41) is 7.89. The average Bonchev–Trinajstić information content (AvgIpc) is 2.71. The van der Waals surface area contributed by atoms with Crippen LogP contribution < -0.4 is 10.6 Å². The van der Waals surface area contributed by atoms with Crippen molar-refractivity contribution < 1.29 is 0 Å². The molecule has 0 amide bonds. The molecule has 0 fully saturated rings. The van der Waals surface area contributed by atoms with Gasteiger partial charge in [0, 0.05) is 17.6 Å². The van der Waals surface area contributed by atoms with Gasteiger partial charge >= 0.3 is 0 Å². The first-order valence-electron chi connectivity index (χ1n) is 9.49. The summed E-state index contributed by atoms with van der Waals surface area (Å²) in [6.07, 6.45) is 0. The summed E-state index contributed by atoms with van der Waals surface area (Å²) < 4.78 is 0. The van der Waals surface area contributed by atoms with Crippen LogP contribution in [0.25, 0.3) is 10.9 Å². The Kier molecular flexibility index (Phi) is 4.94. The van der Waals surface area contributed by atoms with Gasteiger partial charge in [0.1, 0.15) is 5.82 Å². The number of hydrogen-bond donors (Lipinski definition) is 2. The summed E-state index contributed by atoms with van der Waals surface area (Å²) in [4.78, 5) is 9.47. The summed E-state index contributed by atoms with van der Waals surface area (Å²) in [5.41, 5.74) is 6.86. The number of anilines is 3. The molecule has 1 aromatic heterocycles. The lowest BCUT2D eigenvalue weighted by molar-refractivity contribution is 1.10. The molecule has 0 unspecified atom stereocenters. The lowest BCUT2D eigenvalue weighted by atomic mass is 10.1. The van der Waals surface area contributed by atoms with E-state index < -0.39 is 0 Å². The fraction of sp³-hybridized carbons (Fsp3) is 0.167. The molecule has 0 saturated heterocycles. The minimum atomic E-state index is 0.596. The van der Waals surface area contributed by atoms with Gasteiger partial charge in [0.05, 0.1) is 5.52 Å². The number of aryl methyl sites for hydroxylation is 2. The fourth-order valence-electron chi connectivity index (χ4n) is 3.17. The number of para-hydroxylation sites is 1. The molecule has 0 atom stereocenters. The Morgan fingerprint density at radius 2 is 1.57 bits per heavy atom. The lowest BCUT2D eigenvalue weighted by Crippen LogP contribution is -2.06. The highest BCUT2D eigenvalue weighted by molar-refractivity contribution is 5.90. The predicted octanol–water partition coefficient (Wildman–Crippen LogP) is 5.91. The average molecular weight is 368 g/mol. The van der Waals surface area contributed by atoms with E-state index in [0.717, 1.165) is 22.4 Å². The molecule has 0 aliphatic rings. The fourth-order valence-corrected chi connectivity index (χ4v) is 3.17. The molecule has 1 heterocycles. The molecular formula is C24H24N4. The third kappa shape index (κ3) is 3.81. The van der Waals surface area contributed by atoms with Crippen LogP contribution in [0.3, 0.4) is 0 Å². The third-order valence-corrected chi connectivity index (χ3v) is 5.03. The normalized spacial score (nSPS) is 10.8. The number of fused-ring (bicyclic) bond motifs is 1. The molecular weight excluding hydrogens is 344 g/mol. The van der Waals surface area contributed by atoms with Crippen LogP contribution in [0.2, 0.25) is 0 Å². The molecule has 4 aromatic rings. The van der Waals surface area contributed by atoms with Crippen LogP contribution in [0.1, 0.15) is 22.3 Å². The van der Waals surface area contributed by atoms with Crippen LogP contribution in [0, 0.1) is 20.8 Å². The summed E-state index contributed by atoms with van der Waals surface area (Å²) >= 11 is 0. The maximum Gasteiger partial charge on any atom is 0.229 e. The minimum Gasteiger partial charge on any atom is -0.365 e. The van der Waals surface area contributed by atoms with Crippen LogP contribution in [0.4, 0.5) is 17.5 Å². The van der Waals surface area contributed by atoms with Gasteiger partial charge in [-0.1, -0.05) is 54.1 Å². The van der Waals surface area contributed by atoms with Gasteiger partial charge in [0.15, 0.2) is 0 Å². The van der Waals surface area contributed by atoms with Crippen molar-refractivity contribution in [3.05, 3.63) is 89.0 Å². The van der Waals surface area contributed by atoms with Crippen LogP contribution >= 0.6 is 0 Å². The number of nitrogens with zero attached hydrogens (tertiary/aromatic N) is 2. The summed E-state index contributed by atoms with van der Waals surface area (Å²) in [7, 11) is 0. The van der Waals surface area contributed by atoms with E-state index in [2.05, 4.69) is 73.9 Å². The second kappa shape index (κ2) is 7.69. The quantitative estimate of drug-likeness (QED) is 0.460. The van der Waals surface area contributed by atoms with Crippen LogP contribution in [0.15, 0.2) is 66.7 Å². The van der Waals surface area contributed by atoms with Crippen LogP contribution in [-0.2, 0) is 6.54 Å². The molecule has 2 N–H and O–H groups in total. The van der Waals surface area contributed by atoms with Crippen molar-refractivity contribution in [2.45, 2.75) is 27.3 Å². The molecule has 3 aromatic carbocycles. The zero-order chi connectivity index (χ0) is 19.5. The molecule has 4 heteroatoms. The SMILES string of the molecule is Cc1ccc(CNc2nc(Nc3cccc(C)c3C)nc3ccccc23)cc1. The van der Waals surface area contributed by atoms with Gasteiger partial charge in [-0.15, -0.1) is 0 Å². The zero-order valence-corrected chi connectivity index (χ0v) is 16.5. The van der Waals surface area contributed by atoms with Crippen molar-refractivity contribution >= 4 is 28.4 Å². The van der Waals surface area contributed by atoms with E-state index in [1.54, 1.807) is 0 Å². The van der Waals surface area contributed by atoms with Crippen LogP contribution in [0.5, 0.6) is 0 Å². The Morgan fingerprint density at radius 3 is 2.39 bits per heavy atom. The molecule has 140 valence electrons. The maximum absolute atomic E-state index is 4.77. The van der Waals surface area contributed by atoms with E-state index in [0.29, 0.717) is 12.5 Å². The molecule has 4 rings (SSSR count). The highest BCUT2D eigenvalue weighted by Gasteiger charge is 2.09. The van der Waals surface area contributed by atoms with Crippen molar-refractivity contribution in [1.29, 1.82) is 0 Å². The Hall–Kier alpha value is -3.40. The Bertz CT molecular complexity index is 1120. The first kappa shape index (κ1) is 18.0. The summed E-state index contributed by atoms with van der Waals surface area (Å²) in [5.74, 6) is 1.43. The highest BCUT2D eigenvalue weighted by Crippen LogP contribution is 2.26. The number of hydrogen-bond acceptors (Lipinski definition) is 4. The third-order valence-electron chi connectivity index (χ3n) is 5.03. The number of aromatic nitrogens is 2. The molecule has 28 heavy (non-hydrogen) atoms. The molecule has 0 spiro atoms. The minimum absolute atomic E-state index is 0.596. The second-order valence-electron chi connectivity index (χ2n) is 7.12. The van der Waals surface area contributed by atoms with Crippen molar-refractivity contribution in [2.24, 2.45) is 0 Å². The van der Waals surface area contributed by atoms with Crippen molar-refractivity contribution in [2.75, 3.05) is 10.6 Å². The Balaban J connectivity index is 1.66. The van der Waals surface area contributed by atoms with Gasteiger partial charge < -0.3 is 10.6 Å². The van der Waals surface area contributed by atoms with Gasteiger partial charge in [0.25, 0.3) is 0 Å². The maximum atomic E-state index is 4.77. The van der Waals surface area contributed by atoms with Gasteiger partial charge in [-0.3, -0.25) is 0 Å². The van der Waals surface area contributed by atoms with Crippen LogP contribution in [-0.4, -0.2) is 9.97 Å². The Morgan fingerprint density at radius 1 is 0.786 bits per heavy atom. The first-order valence-corrected chi connectivity index (χ1v) is 9.49. The number of nitrogens with one attached hydrogen (secondary N) is 2.